The van der Waals surface area contributed by atoms with Gasteiger partial charge in [0.15, 0.2) is 0 Å². The van der Waals surface area contributed by atoms with E-state index in [9.17, 15) is 9.90 Å². The summed E-state index contributed by atoms with van der Waals surface area (Å²) < 4.78 is 0. The first-order chi connectivity index (χ1) is 8.13. The minimum Gasteiger partial charge on any atom is -0.391 e. The van der Waals surface area contributed by atoms with Crippen molar-refractivity contribution in [3.63, 3.8) is 0 Å². The van der Waals surface area contributed by atoms with Crippen LogP contribution in [0, 0.1) is 6.92 Å². The van der Waals surface area contributed by atoms with Crippen LogP contribution in [0.4, 0.5) is 0 Å². The number of benzene rings is 1. The van der Waals surface area contributed by atoms with Crippen LogP contribution < -0.4 is 5.32 Å². The summed E-state index contributed by atoms with van der Waals surface area (Å²) in [5.41, 5.74) is 2.16. The fourth-order valence-corrected chi connectivity index (χ4v) is 1.71. The Kier molecular flexibility index (Phi) is 5.70. The molecule has 1 rings (SSSR count). The lowest BCUT2D eigenvalue weighted by Gasteiger charge is -2.11. The molecule has 3 nitrogen and oxygen atoms in total. The summed E-state index contributed by atoms with van der Waals surface area (Å²) in [5, 5.41) is 12.3. The third kappa shape index (κ3) is 5.00. The Morgan fingerprint density at radius 3 is 2.76 bits per heavy atom. The number of carbonyl (C=O) groups excluding carboxylic acids is 1. The average molecular weight is 235 g/mol. The van der Waals surface area contributed by atoms with E-state index in [1.165, 1.54) is 0 Å². The number of rotatable bonds is 6. The topological polar surface area (TPSA) is 49.3 Å². The zero-order valence-electron chi connectivity index (χ0n) is 10.6. The highest BCUT2D eigenvalue weighted by atomic mass is 16.3. The summed E-state index contributed by atoms with van der Waals surface area (Å²) in [6, 6.07) is 7.84. The molecule has 0 radical (unpaired) electrons. The highest BCUT2D eigenvalue weighted by molar-refractivity contribution is 5.78. The predicted molar refractivity (Wildman–Crippen MR) is 68.8 cm³/mol. The van der Waals surface area contributed by atoms with Gasteiger partial charge in [-0.2, -0.15) is 0 Å². The average Bonchev–Trinajstić information content (AvgIpc) is 2.30. The molecular weight excluding hydrogens is 214 g/mol. The summed E-state index contributed by atoms with van der Waals surface area (Å²) in [6.07, 6.45) is 1.60. The van der Waals surface area contributed by atoms with Crippen LogP contribution in [0.25, 0.3) is 0 Å². The Labute approximate surface area is 103 Å². The minimum absolute atomic E-state index is 0.0329. The van der Waals surface area contributed by atoms with Crippen molar-refractivity contribution < 1.29 is 9.90 Å². The molecule has 0 saturated carbocycles. The SMILES string of the molecule is CCCC(O)CNC(=O)Cc1ccccc1C. The molecule has 0 bridgehead atoms. The largest absolute Gasteiger partial charge is 0.391 e. The molecule has 1 aromatic rings. The second-order valence-corrected chi connectivity index (χ2v) is 4.35. The van der Waals surface area contributed by atoms with Gasteiger partial charge in [0.25, 0.3) is 0 Å². The molecule has 0 saturated heterocycles. The van der Waals surface area contributed by atoms with E-state index in [0.29, 0.717) is 13.0 Å². The van der Waals surface area contributed by atoms with E-state index in [0.717, 1.165) is 24.0 Å². The number of carbonyl (C=O) groups is 1. The van der Waals surface area contributed by atoms with Gasteiger partial charge in [0.2, 0.25) is 5.91 Å². The molecule has 3 heteroatoms. The van der Waals surface area contributed by atoms with Gasteiger partial charge in [-0.05, 0) is 24.5 Å². The van der Waals surface area contributed by atoms with Gasteiger partial charge < -0.3 is 10.4 Å². The van der Waals surface area contributed by atoms with E-state index in [-0.39, 0.29) is 5.91 Å². The third-order valence-electron chi connectivity index (χ3n) is 2.77. The minimum atomic E-state index is -0.430. The molecule has 2 N–H and O–H groups in total. The van der Waals surface area contributed by atoms with Crippen LogP contribution in [0.3, 0.4) is 0 Å². The molecule has 0 aliphatic rings. The number of amides is 1. The van der Waals surface area contributed by atoms with Crippen molar-refractivity contribution in [2.45, 2.75) is 39.2 Å². The fraction of sp³-hybridized carbons (Fsp3) is 0.500. The molecule has 17 heavy (non-hydrogen) atoms. The fourth-order valence-electron chi connectivity index (χ4n) is 1.71. The van der Waals surface area contributed by atoms with Crippen LogP contribution in [0.5, 0.6) is 0 Å². The lowest BCUT2D eigenvalue weighted by atomic mass is 10.1. The van der Waals surface area contributed by atoms with Crippen LogP contribution in [-0.2, 0) is 11.2 Å². The molecule has 94 valence electrons. The van der Waals surface area contributed by atoms with Gasteiger partial charge in [-0.15, -0.1) is 0 Å². The molecule has 1 aromatic carbocycles. The second-order valence-electron chi connectivity index (χ2n) is 4.35. The maximum Gasteiger partial charge on any atom is 0.224 e. The van der Waals surface area contributed by atoms with Crippen molar-refractivity contribution in [2.24, 2.45) is 0 Å². The Morgan fingerprint density at radius 2 is 2.12 bits per heavy atom. The summed E-state index contributed by atoms with van der Waals surface area (Å²) in [4.78, 5) is 11.7. The van der Waals surface area contributed by atoms with E-state index in [4.69, 9.17) is 0 Å². The van der Waals surface area contributed by atoms with E-state index < -0.39 is 6.10 Å². The number of hydrogen-bond donors (Lipinski definition) is 2. The number of aryl methyl sites for hydroxylation is 1. The van der Waals surface area contributed by atoms with Crippen LogP contribution in [0.2, 0.25) is 0 Å². The molecule has 0 aliphatic carbocycles. The highest BCUT2D eigenvalue weighted by Crippen LogP contribution is 2.07. The van der Waals surface area contributed by atoms with Crippen molar-refractivity contribution in [1.29, 1.82) is 0 Å². The van der Waals surface area contributed by atoms with Gasteiger partial charge in [-0.25, -0.2) is 0 Å². The zero-order valence-corrected chi connectivity index (χ0v) is 10.6. The second kappa shape index (κ2) is 7.07. The Balaban J connectivity index is 2.37. The third-order valence-corrected chi connectivity index (χ3v) is 2.77. The standard InChI is InChI=1S/C14H21NO2/c1-3-6-13(16)10-15-14(17)9-12-8-5-4-7-11(12)2/h4-5,7-8,13,16H,3,6,9-10H2,1-2H3,(H,15,17). The van der Waals surface area contributed by atoms with E-state index in [2.05, 4.69) is 5.32 Å². The zero-order chi connectivity index (χ0) is 12.7. The lowest BCUT2D eigenvalue weighted by molar-refractivity contribution is -0.120. The van der Waals surface area contributed by atoms with Crippen molar-refractivity contribution >= 4 is 5.91 Å². The normalized spacial score (nSPS) is 12.2. The Hall–Kier alpha value is -1.35. The maximum atomic E-state index is 11.7. The Morgan fingerprint density at radius 1 is 1.41 bits per heavy atom. The van der Waals surface area contributed by atoms with Crippen molar-refractivity contribution in [3.8, 4) is 0 Å². The molecular formula is C14H21NO2. The molecule has 1 unspecified atom stereocenters. The number of hydrogen-bond acceptors (Lipinski definition) is 2. The number of aliphatic hydroxyl groups is 1. The summed E-state index contributed by atoms with van der Waals surface area (Å²) in [7, 11) is 0. The smallest absolute Gasteiger partial charge is 0.224 e. The number of nitrogens with one attached hydrogen (secondary N) is 1. The van der Waals surface area contributed by atoms with Crippen molar-refractivity contribution in [1.82, 2.24) is 5.32 Å². The van der Waals surface area contributed by atoms with Crippen molar-refractivity contribution in [3.05, 3.63) is 35.4 Å². The van der Waals surface area contributed by atoms with E-state index in [1.54, 1.807) is 0 Å². The molecule has 0 fully saturated rings. The van der Waals surface area contributed by atoms with Crippen LogP contribution >= 0.6 is 0 Å². The highest BCUT2D eigenvalue weighted by Gasteiger charge is 2.07. The van der Waals surface area contributed by atoms with Crippen LogP contribution in [0.1, 0.15) is 30.9 Å². The molecule has 0 spiro atoms. The van der Waals surface area contributed by atoms with Crippen molar-refractivity contribution in [2.75, 3.05) is 6.54 Å². The van der Waals surface area contributed by atoms with Gasteiger partial charge in [-0.3, -0.25) is 4.79 Å². The summed E-state index contributed by atoms with van der Waals surface area (Å²) >= 11 is 0. The van der Waals surface area contributed by atoms with Gasteiger partial charge in [-0.1, -0.05) is 37.6 Å². The first-order valence-corrected chi connectivity index (χ1v) is 6.12. The molecule has 1 atom stereocenters. The molecule has 1 amide bonds. The first kappa shape index (κ1) is 13.7. The summed E-state index contributed by atoms with van der Waals surface area (Å²) in [6.45, 7) is 4.35. The molecule has 0 aliphatic heterocycles. The van der Waals surface area contributed by atoms with Gasteiger partial charge in [0.05, 0.1) is 12.5 Å². The van der Waals surface area contributed by atoms with Gasteiger partial charge >= 0.3 is 0 Å². The number of aliphatic hydroxyl groups excluding tert-OH is 1. The van der Waals surface area contributed by atoms with Gasteiger partial charge in [0, 0.05) is 6.54 Å². The van der Waals surface area contributed by atoms with Crippen LogP contribution in [0.15, 0.2) is 24.3 Å². The lowest BCUT2D eigenvalue weighted by Crippen LogP contribution is -2.33. The molecule has 0 heterocycles. The van der Waals surface area contributed by atoms with Gasteiger partial charge in [0.1, 0.15) is 0 Å². The Bertz CT molecular complexity index is 363. The first-order valence-electron chi connectivity index (χ1n) is 6.12. The van der Waals surface area contributed by atoms with Crippen LogP contribution in [-0.4, -0.2) is 23.7 Å². The van der Waals surface area contributed by atoms with E-state index in [1.807, 2.05) is 38.1 Å². The monoisotopic (exact) mass is 235 g/mol. The maximum absolute atomic E-state index is 11.7. The predicted octanol–water partition coefficient (Wildman–Crippen LogP) is 1.81. The summed E-state index contributed by atoms with van der Waals surface area (Å²) in [5.74, 6) is -0.0329. The van der Waals surface area contributed by atoms with E-state index >= 15 is 0 Å². The quantitative estimate of drug-likeness (QED) is 0.790. The molecule has 0 aromatic heterocycles.